The number of ether oxygens (including phenoxy) is 1. The van der Waals surface area contributed by atoms with E-state index >= 15 is 0 Å². The fourth-order valence-corrected chi connectivity index (χ4v) is 3.67. The first kappa shape index (κ1) is 16.7. The van der Waals surface area contributed by atoms with Crippen LogP contribution in [0.1, 0.15) is 41.6 Å². The van der Waals surface area contributed by atoms with E-state index in [1.807, 2.05) is 25.1 Å². The number of rotatable bonds is 2. The minimum atomic E-state index is -0.139. The number of nitrogens with zero attached hydrogens (tertiary/aromatic N) is 1. The van der Waals surface area contributed by atoms with Crippen LogP contribution in [0.4, 0.5) is 4.79 Å². The van der Waals surface area contributed by atoms with Gasteiger partial charge in [-0.1, -0.05) is 12.1 Å². The number of amides is 2. The number of pyridine rings is 1. The minimum absolute atomic E-state index is 0.106. The first-order valence-corrected chi connectivity index (χ1v) is 9.12. The molecule has 6 heteroatoms. The van der Waals surface area contributed by atoms with Crippen molar-refractivity contribution in [3.8, 4) is 5.75 Å². The van der Waals surface area contributed by atoms with Crippen LogP contribution < -0.4 is 15.6 Å². The van der Waals surface area contributed by atoms with Crippen molar-refractivity contribution in [2.24, 2.45) is 0 Å². The van der Waals surface area contributed by atoms with E-state index < -0.39 is 0 Å². The number of carbonyl (C=O) groups excluding carboxylic acids is 1. The molecular formula is C20H23N3O3. The van der Waals surface area contributed by atoms with Gasteiger partial charge in [-0.05, 0) is 55.0 Å². The van der Waals surface area contributed by atoms with Crippen LogP contribution in [0.3, 0.4) is 0 Å². The van der Waals surface area contributed by atoms with Crippen molar-refractivity contribution in [2.45, 2.75) is 38.8 Å². The van der Waals surface area contributed by atoms with Crippen LogP contribution >= 0.6 is 0 Å². The smallest absolute Gasteiger partial charge is 0.318 e. The summed E-state index contributed by atoms with van der Waals surface area (Å²) in [6.45, 7) is 3.72. The average Bonchev–Trinajstić information content (AvgIpc) is 2.67. The number of hydrogen-bond acceptors (Lipinski definition) is 3. The zero-order chi connectivity index (χ0) is 18.1. The van der Waals surface area contributed by atoms with Gasteiger partial charge in [0.25, 0.3) is 5.56 Å². The van der Waals surface area contributed by atoms with Gasteiger partial charge in [0, 0.05) is 18.3 Å². The monoisotopic (exact) mass is 353 g/mol. The Hall–Kier alpha value is -2.76. The number of urea groups is 1. The number of benzene rings is 1. The summed E-state index contributed by atoms with van der Waals surface area (Å²) in [6.07, 6.45) is 4.41. The molecule has 0 radical (unpaired) electrons. The van der Waals surface area contributed by atoms with Crippen molar-refractivity contribution in [1.29, 1.82) is 0 Å². The molecule has 1 aromatic carbocycles. The molecule has 0 aliphatic carbocycles. The molecule has 2 aliphatic heterocycles. The quantitative estimate of drug-likeness (QED) is 0.871. The van der Waals surface area contributed by atoms with E-state index in [4.69, 9.17) is 4.74 Å². The summed E-state index contributed by atoms with van der Waals surface area (Å²) in [7, 11) is 0. The molecule has 2 aliphatic rings. The van der Waals surface area contributed by atoms with E-state index in [1.165, 1.54) is 5.56 Å². The minimum Gasteiger partial charge on any atom is -0.493 e. The van der Waals surface area contributed by atoms with Gasteiger partial charge >= 0.3 is 6.03 Å². The highest BCUT2D eigenvalue weighted by molar-refractivity contribution is 5.75. The van der Waals surface area contributed by atoms with Crippen LogP contribution in [-0.2, 0) is 19.4 Å². The predicted octanol–water partition coefficient (Wildman–Crippen LogP) is 2.53. The zero-order valence-electron chi connectivity index (χ0n) is 14.9. The van der Waals surface area contributed by atoms with Gasteiger partial charge in [0.05, 0.1) is 19.2 Å². The van der Waals surface area contributed by atoms with Crippen molar-refractivity contribution in [3.63, 3.8) is 0 Å². The second-order valence-corrected chi connectivity index (χ2v) is 6.97. The molecule has 4 rings (SSSR count). The van der Waals surface area contributed by atoms with E-state index in [1.54, 1.807) is 11.1 Å². The van der Waals surface area contributed by atoms with E-state index in [-0.39, 0.29) is 17.6 Å². The maximum absolute atomic E-state index is 12.7. The van der Waals surface area contributed by atoms with Gasteiger partial charge in [-0.15, -0.1) is 0 Å². The molecule has 3 heterocycles. The number of H-pyrrole nitrogens is 1. The maximum Gasteiger partial charge on any atom is 0.318 e. The van der Waals surface area contributed by atoms with Crippen LogP contribution in [-0.4, -0.2) is 29.1 Å². The second-order valence-electron chi connectivity index (χ2n) is 6.97. The molecule has 2 aromatic rings. The Kier molecular flexibility index (Phi) is 4.41. The number of carbonyl (C=O) groups is 1. The zero-order valence-corrected chi connectivity index (χ0v) is 14.9. The number of nitrogens with one attached hydrogen (secondary N) is 2. The Morgan fingerprint density at radius 2 is 2.15 bits per heavy atom. The number of fused-ring (bicyclic) bond motifs is 2. The normalized spacial score (nSPS) is 16.9. The summed E-state index contributed by atoms with van der Waals surface area (Å²) >= 11 is 0. The van der Waals surface area contributed by atoms with Crippen molar-refractivity contribution >= 4 is 6.03 Å². The van der Waals surface area contributed by atoms with E-state index in [0.717, 1.165) is 36.3 Å². The molecule has 1 unspecified atom stereocenters. The number of aromatic nitrogens is 1. The van der Waals surface area contributed by atoms with Crippen molar-refractivity contribution < 1.29 is 9.53 Å². The topological polar surface area (TPSA) is 74.4 Å². The Balaban J connectivity index is 1.45. The highest BCUT2D eigenvalue weighted by Gasteiger charge is 2.24. The van der Waals surface area contributed by atoms with Gasteiger partial charge in [0.1, 0.15) is 5.75 Å². The molecule has 0 bridgehead atoms. The predicted molar refractivity (Wildman–Crippen MR) is 98.4 cm³/mol. The molecule has 136 valence electrons. The van der Waals surface area contributed by atoms with Gasteiger partial charge in [-0.3, -0.25) is 4.79 Å². The number of aromatic amines is 1. The summed E-state index contributed by atoms with van der Waals surface area (Å²) in [5.74, 6) is 0.949. The lowest BCUT2D eigenvalue weighted by molar-refractivity contribution is 0.189. The number of hydrogen-bond donors (Lipinski definition) is 2. The molecule has 1 aromatic heterocycles. The fraction of sp³-hybridized carbons (Fsp3) is 0.400. The van der Waals surface area contributed by atoms with Crippen LogP contribution in [0, 0.1) is 0 Å². The summed E-state index contributed by atoms with van der Waals surface area (Å²) < 4.78 is 5.65. The highest BCUT2D eigenvalue weighted by atomic mass is 16.5. The van der Waals surface area contributed by atoms with Gasteiger partial charge in [-0.25, -0.2) is 4.79 Å². The van der Waals surface area contributed by atoms with Gasteiger partial charge in [-0.2, -0.15) is 0 Å². The maximum atomic E-state index is 12.7. The van der Waals surface area contributed by atoms with Crippen LogP contribution in [0.25, 0.3) is 0 Å². The van der Waals surface area contributed by atoms with Gasteiger partial charge in [0.15, 0.2) is 0 Å². The van der Waals surface area contributed by atoms with Gasteiger partial charge < -0.3 is 19.9 Å². The summed E-state index contributed by atoms with van der Waals surface area (Å²) in [6, 6.07) is 7.79. The van der Waals surface area contributed by atoms with Crippen LogP contribution in [0.5, 0.6) is 5.75 Å². The van der Waals surface area contributed by atoms with Crippen molar-refractivity contribution in [1.82, 2.24) is 15.2 Å². The molecule has 0 spiro atoms. The molecule has 26 heavy (non-hydrogen) atoms. The fourth-order valence-electron chi connectivity index (χ4n) is 3.67. The molecular weight excluding hydrogens is 330 g/mol. The Labute approximate surface area is 152 Å². The average molecular weight is 353 g/mol. The molecule has 0 saturated heterocycles. The van der Waals surface area contributed by atoms with E-state index in [0.29, 0.717) is 25.1 Å². The lowest BCUT2D eigenvalue weighted by Crippen LogP contribution is -2.45. The summed E-state index contributed by atoms with van der Waals surface area (Å²) in [5, 5.41) is 3.06. The van der Waals surface area contributed by atoms with Gasteiger partial charge in [0.2, 0.25) is 0 Å². The molecule has 0 fully saturated rings. The first-order chi connectivity index (χ1) is 12.6. The molecule has 0 saturated carbocycles. The molecule has 2 amide bonds. The number of aryl methyl sites for hydroxylation is 1. The van der Waals surface area contributed by atoms with E-state index in [9.17, 15) is 9.59 Å². The third-order valence-corrected chi connectivity index (χ3v) is 5.22. The van der Waals surface area contributed by atoms with Crippen molar-refractivity contribution in [3.05, 3.63) is 63.1 Å². The summed E-state index contributed by atoms with van der Waals surface area (Å²) in [5.41, 5.74) is 3.88. The Morgan fingerprint density at radius 3 is 3.04 bits per heavy atom. The largest absolute Gasteiger partial charge is 0.493 e. The highest BCUT2D eigenvalue weighted by Crippen LogP contribution is 2.28. The SMILES string of the molecule is CC(NC(=O)N1CCc2cc[nH]c(=O)c2C1)c1ccc2c(c1)CCCO2. The summed E-state index contributed by atoms with van der Waals surface area (Å²) in [4.78, 5) is 29.0. The Morgan fingerprint density at radius 1 is 1.27 bits per heavy atom. The third kappa shape index (κ3) is 3.19. The molecule has 2 N–H and O–H groups in total. The van der Waals surface area contributed by atoms with Crippen LogP contribution in [0.15, 0.2) is 35.3 Å². The first-order valence-electron chi connectivity index (χ1n) is 9.12. The van der Waals surface area contributed by atoms with E-state index in [2.05, 4.69) is 16.4 Å². The van der Waals surface area contributed by atoms with Crippen molar-refractivity contribution in [2.75, 3.05) is 13.2 Å². The second kappa shape index (κ2) is 6.86. The lowest BCUT2D eigenvalue weighted by atomic mass is 10.00. The lowest BCUT2D eigenvalue weighted by Gasteiger charge is -2.30. The standard InChI is InChI=1S/C20H23N3O3/c1-13(15-4-5-18-16(11-15)3-2-10-26-18)22-20(25)23-9-7-14-6-8-21-19(24)17(14)12-23/h4-6,8,11,13H,2-3,7,9-10,12H2,1H3,(H,21,24)(H,22,25). The molecule has 6 nitrogen and oxygen atoms in total. The molecule has 1 atom stereocenters. The Bertz CT molecular complexity index is 890. The third-order valence-electron chi connectivity index (χ3n) is 5.22. The van der Waals surface area contributed by atoms with Crippen LogP contribution in [0.2, 0.25) is 0 Å².